The monoisotopic (exact) mass is 419 g/mol. The number of nitrogens with zero attached hydrogens (tertiary/aromatic N) is 2. The van der Waals surface area contributed by atoms with Gasteiger partial charge in [0.2, 0.25) is 15.9 Å². The number of aryl methyl sites for hydroxylation is 2. The van der Waals surface area contributed by atoms with Crippen LogP contribution in [0.25, 0.3) is 0 Å². The van der Waals surface area contributed by atoms with Gasteiger partial charge in [-0.3, -0.25) is 19.2 Å². The fraction of sp³-hybridized carbons (Fsp3) is 0.350. The molecule has 0 saturated carbocycles. The summed E-state index contributed by atoms with van der Waals surface area (Å²) >= 11 is 0. The number of sulfonamides is 1. The molecule has 0 bridgehead atoms. The number of benzene rings is 2. The highest BCUT2D eigenvalue weighted by Gasteiger charge is 2.30. The standard InChI is InChI=1S/C20H25N3O5S/c1-13-9-10-19(14(2)11-13)15(3)21-20(24)16(4)22(29(5,27)28)17-7-6-8-18(12-17)23(25)26/h6-12,15-16H,1-5H3,(H,21,24). The van der Waals surface area contributed by atoms with Gasteiger partial charge in [0, 0.05) is 12.1 Å². The first-order valence-corrected chi connectivity index (χ1v) is 10.9. The minimum absolute atomic E-state index is 0.0588. The van der Waals surface area contributed by atoms with E-state index in [0.717, 1.165) is 33.3 Å². The van der Waals surface area contributed by atoms with E-state index in [1.54, 1.807) is 0 Å². The number of non-ortho nitro benzene ring substituents is 1. The Labute approximate surface area is 170 Å². The van der Waals surface area contributed by atoms with Crippen LogP contribution >= 0.6 is 0 Å². The molecule has 2 aromatic rings. The molecule has 0 spiro atoms. The lowest BCUT2D eigenvalue weighted by molar-refractivity contribution is -0.384. The average Bonchev–Trinajstić information content (AvgIpc) is 2.60. The molecule has 29 heavy (non-hydrogen) atoms. The van der Waals surface area contributed by atoms with Gasteiger partial charge in [-0.25, -0.2) is 8.42 Å². The Kier molecular flexibility index (Phi) is 6.63. The van der Waals surface area contributed by atoms with Crippen molar-refractivity contribution in [1.29, 1.82) is 0 Å². The highest BCUT2D eigenvalue weighted by Crippen LogP contribution is 2.26. The van der Waals surface area contributed by atoms with E-state index in [9.17, 15) is 23.3 Å². The molecular formula is C20H25N3O5S. The van der Waals surface area contributed by atoms with Crippen LogP contribution in [-0.2, 0) is 14.8 Å². The Hall–Kier alpha value is -2.94. The van der Waals surface area contributed by atoms with E-state index in [1.165, 1.54) is 25.1 Å². The molecule has 156 valence electrons. The molecule has 2 rings (SSSR count). The van der Waals surface area contributed by atoms with Gasteiger partial charge < -0.3 is 5.32 Å². The van der Waals surface area contributed by atoms with Gasteiger partial charge in [0.1, 0.15) is 6.04 Å². The van der Waals surface area contributed by atoms with Crippen molar-refractivity contribution in [1.82, 2.24) is 5.32 Å². The molecule has 0 aliphatic heterocycles. The second-order valence-corrected chi connectivity index (χ2v) is 8.96. The van der Waals surface area contributed by atoms with Gasteiger partial charge in [-0.2, -0.15) is 0 Å². The van der Waals surface area contributed by atoms with Gasteiger partial charge in [-0.15, -0.1) is 0 Å². The molecule has 0 aliphatic carbocycles. The third-order valence-electron chi connectivity index (χ3n) is 4.63. The second kappa shape index (κ2) is 8.60. The minimum Gasteiger partial charge on any atom is -0.348 e. The molecule has 0 aliphatic rings. The van der Waals surface area contributed by atoms with Gasteiger partial charge in [0.05, 0.1) is 22.9 Å². The quantitative estimate of drug-likeness (QED) is 0.547. The van der Waals surface area contributed by atoms with Crippen LogP contribution in [0.15, 0.2) is 42.5 Å². The number of carbonyl (C=O) groups excluding carboxylic acids is 1. The molecule has 1 amide bonds. The van der Waals surface area contributed by atoms with Crippen molar-refractivity contribution < 1.29 is 18.1 Å². The molecule has 9 heteroatoms. The van der Waals surface area contributed by atoms with Crippen LogP contribution in [0.1, 0.15) is 36.6 Å². The summed E-state index contributed by atoms with van der Waals surface area (Å²) < 4.78 is 25.7. The molecule has 0 fully saturated rings. The van der Waals surface area contributed by atoms with Crippen molar-refractivity contribution in [3.05, 3.63) is 69.3 Å². The third-order valence-corrected chi connectivity index (χ3v) is 5.88. The third kappa shape index (κ3) is 5.32. The summed E-state index contributed by atoms with van der Waals surface area (Å²) in [7, 11) is -3.87. The molecule has 0 aromatic heterocycles. The van der Waals surface area contributed by atoms with E-state index < -0.39 is 26.9 Å². The Morgan fingerprint density at radius 2 is 1.79 bits per heavy atom. The van der Waals surface area contributed by atoms with Gasteiger partial charge >= 0.3 is 0 Å². The molecule has 2 unspecified atom stereocenters. The molecular weight excluding hydrogens is 394 g/mol. The first-order chi connectivity index (χ1) is 13.4. The van der Waals surface area contributed by atoms with Crippen LogP contribution in [0, 0.1) is 24.0 Å². The van der Waals surface area contributed by atoms with E-state index >= 15 is 0 Å². The lowest BCUT2D eigenvalue weighted by Gasteiger charge is -2.29. The van der Waals surface area contributed by atoms with Crippen LogP contribution in [0.3, 0.4) is 0 Å². The van der Waals surface area contributed by atoms with Crippen molar-refractivity contribution in [2.24, 2.45) is 0 Å². The lowest BCUT2D eigenvalue weighted by atomic mass is 10.00. The normalized spacial score (nSPS) is 13.4. The molecule has 0 saturated heterocycles. The first kappa shape index (κ1) is 22.4. The number of rotatable bonds is 7. The van der Waals surface area contributed by atoms with Crippen molar-refractivity contribution in [2.45, 2.75) is 39.8 Å². The first-order valence-electron chi connectivity index (χ1n) is 9.03. The van der Waals surface area contributed by atoms with Crippen LogP contribution in [0.4, 0.5) is 11.4 Å². The van der Waals surface area contributed by atoms with Gasteiger partial charge in [-0.05, 0) is 44.9 Å². The van der Waals surface area contributed by atoms with E-state index in [-0.39, 0.29) is 17.4 Å². The predicted molar refractivity (Wildman–Crippen MR) is 112 cm³/mol. The van der Waals surface area contributed by atoms with Crippen molar-refractivity contribution >= 4 is 27.3 Å². The van der Waals surface area contributed by atoms with Crippen LogP contribution in [-0.4, -0.2) is 31.5 Å². The molecule has 2 atom stereocenters. The fourth-order valence-electron chi connectivity index (χ4n) is 3.28. The summed E-state index contributed by atoms with van der Waals surface area (Å²) in [4.78, 5) is 23.3. The Balaban J connectivity index is 2.32. The van der Waals surface area contributed by atoms with E-state index in [1.807, 2.05) is 39.0 Å². The van der Waals surface area contributed by atoms with Gasteiger partial charge in [0.25, 0.3) is 5.69 Å². The van der Waals surface area contributed by atoms with Crippen molar-refractivity contribution in [3.63, 3.8) is 0 Å². The SMILES string of the molecule is Cc1ccc(C(C)NC(=O)C(C)N(c2cccc([N+](=O)[O-])c2)S(C)(=O)=O)c(C)c1. The van der Waals surface area contributed by atoms with E-state index in [4.69, 9.17) is 0 Å². The maximum atomic E-state index is 12.8. The summed E-state index contributed by atoms with van der Waals surface area (Å²) in [5.74, 6) is -0.505. The van der Waals surface area contributed by atoms with E-state index in [0.29, 0.717) is 0 Å². The second-order valence-electron chi connectivity index (χ2n) is 7.10. The van der Waals surface area contributed by atoms with Crippen molar-refractivity contribution in [2.75, 3.05) is 10.6 Å². The zero-order valence-corrected chi connectivity index (χ0v) is 17.9. The Morgan fingerprint density at radius 1 is 1.14 bits per heavy atom. The summed E-state index contributed by atoms with van der Waals surface area (Å²) in [6.45, 7) is 7.19. The summed E-state index contributed by atoms with van der Waals surface area (Å²) in [5, 5.41) is 13.9. The van der Waals surface area contributed by atoms with Gasteiger partial charge in [0.15, 0.2) is 0 Å². The largest absolute Gasteiger partial charge is 0.348 e. The van der Waals surface area contributed by atoms with Gasteiger partial charge in [-0.1, -0.05) is 29.8 Å². The highest BCUT2D eigenvalue weighted by atomic mass is 32.2. The molecule has 0 radical (unpaired) electrons. The number of nitro benzene ring substituents is 1. The zero-order valence-electron chi connectivity index (χ0n) is 17.0. The maximum Gasteiger partial charge on any atom is 0.271 e. The van der Waals surface area contributed by atoms with Crippen molar-refractivity contribution in [3.8, 4) is 0 Å². The van der Waals surface area contributed by atoms with Crippen LogP contribution in [0.5, 0.6) is 0 Å². The number of nitro groups is 1. The zero-order chi connectivity index (χ0) is 21.9. The number of amides is 1. The van der Waals surface area contributed by atoms with E-state index in [2.05, 4.69) is 5.32 Å². The highest BCUT2D eigenvalue weighted by molar-refractivity contribution is 7.92. The summed E-state index contributed by atoms with van der Waals surface area (Å²) in [6.07, 6.45) is 0.961. The molecule has 8 nitrogen and oxygen atoms in total. The smallest absolute Gasteiger partial charge is 0.271 e. The molecule has 2 aromatic carbocycles. The minimum atomic E-state index is -3.87. The summed E-state index contributed by atoms with van der Waals surface area (Å²) in [6, 6.07) is 9.65. The number of hydrogen-bond acceptors (Lipinski definition) is 5. The number of anilines is 1. The number of hydrogen-bond donors (Lipinski definition) is 1. The van der Waals surface area contributed by atoms with Crippen LogP contribution < -0.4 is 9.62 Å². The lowest BCUT2D eigenvalue weighted by Crippen LogP contribution is -2.48. The molecule has 0 heterocycles. The topological polar surface area (TPSA) is 110 Å². The predicted octanol–water partition coefficient (Wildman–Crippen LogP) is 3.24. The Morgan fingerprint density at radius 3 is 2.34 bits per heavy atom. The maximum absolute atomic E-state index is 12.8. The average molecular weight is 420 g/mol. The molecule has 1 N–H and O–H groups in total. The number of nitrogens with one attached hydrogen (secondary N) is 1. The van der Waals surface area contributed by atoms with Crippen LogP contribution in [0.2, 0.25) is 0 Å². The Bertz CT molecular complexity index is 1040. The number of carbonyl (C=O) groups is 1. The summed E-state index contributed by atoms with van der Waals surface area (Å²) in [5.41, 5.74) is 2.85. The fourth-order valence-corrected chi connectivity index (χ4v) is 4.44.